The van der Waals surface area contributed by atoms with Crippen LogP contribution in [0.25, 0.3) is 0 Å². The molecule has 0 saturated heterocycles. The molecule has 1 heterocycles. The lowest BCUT2D eigenvalue weighted by molar-refractivity contribution is 0.555. The van der Waals surface area contributed by atoms with E-state index in [1.807, 2.05) is 18.7 Å². The van der Waals surface area contributed by atoms with Crippen molar-refractivity contribution in [3.05, 3.63) is 50.2 Å². The minimum atomic E-state index is 0.558. The summed E-state index contributed by atoms with van der Waals surface area (Å²) in [7, 11) is 2.01. The summed E-state index contributed by atoms with van der Waals surface area (Å²) in [5.74, 6) is 0.558. The average Bonchev–Trinajstić information content (AvgIpc) is 2.66. The van der Waals surface area contributed by atoms with E-state index in [0.29, 0.717) is 5.92 Å². The predicted molar refractivity (Wildman–Crippen MR) is 94.5 cm³/mol. The summed E-state index contributed by atoms with van der Waals surface area (Å²) >= 11 is 10.8. The van der Waals surface area contributed by atoms with Crippen molar-refractivity contribution >= 4 is 47.8 Å². The van der Waals surface area contributed by atoms with Gasteiger partial charge in [-0.1, -0.05) is 44.0 Å². The molecule has 1 aromatic carbocycles. The third-order valence-electron chi connectivity index (χ3n) is 3.40. The van der Waals surface area contributed by atoms with Crippen LogP contribution in [0.4, 0.5) is 0 Å². The highest BCUT2D eigenvalue weighted by Gasteiger charge is 2.16. The summed E-state index contributed by atoms with van der Waals surface area (Å²) in [6.07, 6.45) is 2.08. The highest BCUT2D eigenvalue weighted by Crippen LogP contribution is 2.25. The Morgan fingerprint density at radius 2 is 1.80 bits per heavy atom. The lowest BCUT2D eigenvalue weighted by Crippen LogP contribution is -2.13. The normalized spacial score (nSPS) is 12.7. The molecule has 108 valence electrons. The van der Waals surface area contributed by atoms with Gasteiger partial charge < -0.3 is 0 Å². The topological polar surface area (TPSA) is 17.8 Å². The quantitative estimate of drug-likeness (QED) is 0.566. The number of aromatic nitrogens is 2. The van der Waals surface area contributed by atoms with E-state index in [1.165, 1.54) is 11.3 Å². The Morgan fingerprint density at radius 3 is 2.30 bits per heavy atom. The van der Waals surface area contributed by atoms with Crippen molar-refractivity contribution in [1.82, 2.24) is 9.78 Å². The molecule has 0 amide bonds. The first-order valence-corrected chi connectivity index (χ1v) is 9.20. The molecule has 0 aliphatic carbocycles. The number of hydrogen-bond donors (Lipinski definition) is 0. The second kappa shape index (κ2) is 7.23. The van der Waals surface area contributed by atoms with Crippen LogP contribution in [0.1, 0.15) is 17.0 Å². The van der Waals surface area contributed by atoms with E-state index in [1.54, 1.807) is 0 Å². The van der Waals surface area contributed by atoms with Gasteiger partial charge in [0.1, 0.15) is 0 Å². The first-order chi connectivity index (χ1) is 9.51. The number of hydrogen-bond acceptors (Lipinski definition) is 1. The standard InChI is InChI=1S/C15H17Br3N2/c1-10-15(18)14(20(2)19-10)8-12(9-16)7-11-3-5-13(17)6-4-11/h3-6,12H,7-9H2,1-2H3. The molecule has 0 aliphatic heterocycles. The summed E-state index contributed by atoms with van der Waals surface area (Å²) < 4.78 is 4.25. The Kier molecular flexibility index (Phi) is 5.87. The van der Waals surface area contributed by atoms with Crippen LogP contribution < -0.4 is 0 Å². The summed E-state index contributed by atoms with van der Waals surface area (Å²) in [4.78, 5) is 0. The van der Waals surface area contributed by atoms with Gasteiger partial charge in [0.2, 0.25) is 0 Å². The predicted octanol–water partition coefficient (Wildman–Crippen LogP) is 5.05. The molecule has 0 spiro atoms. The van der Waals surface area contributed by atoms with Gasteiger partial charge in [0.25, 0.3) is 0 Å². The van der Waals surface area contributed by atoms with Crippen molar-refractivity contribution < 1.29 is 0 Å². The number of halogens is 3. The van der Waals surface area contributed by atoms with E-state index in [4.69, 9.17) is 0 Å². The molecular formula is C15H17Br3N2. The fourth-order valence-electron chi connectivity index (χ4n) is 2.31. The zero-order valence-corrected chi connectivity index (χ0v) is 16.3. The van der Waals surface area contributed by atoms with Crippen LogP contribution in [0.15, 0.2) is 33.2 Å². The van der Waals surface area contributed by atoms with E-state index >= 15 is 0 Å². The third kappa shape index (κ3) is 3.95. The van der Waals surface area contributed by atoms with Gasteiger partial charge in [-0.2, -0.15) is 5.10 Å². The van der Waals surface area contributed by atoms with Crippen LogP contribution in [-0.4, -0.2) is 15.1 Å². The number of benzene rings is 1. The van der Waals surface area contributed by atoms with E-state index in [0.717, 1.165) is 32.8 Å². The van der Waals surface area contributed by atoms with Crippen LogP contribution in [0, 0.1) is 12.8 Å². The van der Waals surface area contributed by atoms with Crippen LogP contribution >= 0.6 is 47.8 Å². The molecule has 0 radical (unpaired) electrons. The number of aryl methyl sites for hydroxylation is 2. The summed E-state index contributed by atoms with van der Waals surface area (Å²) in [6, 6.07) is 8.57. The van der Waals surface area contributed by atoms with E-state index < -0.39 is 0 Å². The average molecular weight is 465 g/mol. The van der Waals surface area contributed by atoms with Gasteiger partial charge in [-0.3, -0.25) is 4.68 Å². The molecular weight excluding hydrogens is 448 g/mol. The smallest absolute Gasteiger partial charge is 0.0738 e. The van der Waals surface area contributed by atoms with Crippen molar-refractivity contribution in [2.75, 3.05) is 5.33 Å². The van der Waals surface area contributed by atoms with Crippen LogP contribution in [0.2, 0.25) is 0 Å². The third-order valence-corrected chi connectivity index (χ3v) is 5.88. The zero-order chi connectivity index (χ0) is 14.7. The molecule has 1 aromatic heterocycles. The van der Waals surface area contributed by atoms with E-state index in [-0.39, 0.29) is 0 Å². The van der Waals surface area contributed by atoms with Crippen molar-refractivity contribution in [2.24, 2.45) is 13.0 Å². The summed E-state index contributed by atoms with van der Waals surface area (Å²) in [6.45, 7) is 2.03. The van der Waals surface area contributed by atoms with Crippen LogP contribution in [0.3, 0.4) is 0 Å². The molecule has 0 aliphatic rings. The molecule has 0 N–H and O–H groups in total. The molecule has 0 fully saturated rings. The van der Waals surface area contributed by atoms with Gasteiger partial charge in [0, 0.05) is 16.9 Å². The number of nitrogens with zero attached hydrogens (tertiary/aromatic N) is 2. The molecule has 1 atom stereocenters. The maximum absolute atomic E-state index is 4.46. The monoisotopic (exact) mass is 462 g/mol. The molecule has 1 unspecified atom stereocenters. The maximum atomic E-state index is 4.46. The first-order valence-electron chi connectivity index (χ1n) is 6.49. The number of rotatable bonds is 5. The van der Waals surface area contributed by atoms with E-state index in [2.05, 4.69) is 77.2 Å². The Labute approximate surface area is 145 Å². The molecule has 5 heteroatoms. The Bertz CT molecular complexity index is 576. The van der Waals surface area contributed by atoms with Gasteiger partial charge in [0.05, 0.1) is 15.9 Å². The van der Waals surface area contributed by atoms with Crippen LogP contribution in [-0.2, 0) is 19.9 Å². The minimum absolute atomic E-state index is 0.558. The van der Waals surface area contributed by atoms with Gasteiger partial charge in [-0.25, -0.2) is 0 Å². The Balaban J connectivity index is 2.11. The van der Waals surface area contributed by atoms with Crippen LogP contribution in [0.5, 0.6) is 0 Å². The highest BCUT2D eigenvalue weighted by atomic mass is 79.9. The van der Waals surface area contributed by atoms with Crippen molar-refractivity contribution in [2.45, 2.75) is 19.8 Å². The first kappa shape index (κ1) is 16.2. The summed E-state index contributed by atoms with van der Waals surface area (Å²) in [5, 5.41) is 5.45. The SMILES string of the molecule is Cc1nn(C)c(CC(CBr)Cc2ccc(Br)cc2)c1Br. The second-order valence-electron chi connectivity index (χ2n) is 5.02. The molecule has 2 nitrogen and oxygen atoms in total. The number of alkyl halides is 1. The molecule has 20 heavy (non-hydrogen) atoms. The van der Waals surface area contributed by atoms with Crippen molar-refractivity contribution in [3.63, 3.8) is 0 Å². The minimum Gasteiger partial charge on any atom is -0.271 e. The van der Waals surface area contributed by atoms with Gasteiger partial charge in [-0.15, -0.1) is 0 Å². The van der Waals surface area contributed by atoms with Gasteiger partial charge in [-0.05, 0) is 59.3 Å². The largest absolute Gasteiger partial charge is 0.271 e. The maximum Gasteiger partial charge on any atom is 0.0738 e. The Hall–Kier alpha value is -0.130. The van der Waals surface area contributed by atoms with Crippen molar-refractivity contribution in [3.8, 4) is 0 Å². The Morgan fingerprint density at radius 1 is 1.15 bits per heavy atom. The molecule has 0 saturated carbocycles. The molecule has 0 bridgehead atoms. The van der Waals surface area contributed by atoms with Crippen molar-refractivity contribution in [1.29, 1.82) is 0 Å². The fourth-order valence-corrected chi connectivity index (χ4v) is 3.53. The zero-order valence-electron chi connectivity index (χ0n) is 11.5. The second-order valence-corrected chi connectivity index (χ2v) is 7.38. The lowest BCUT2D eigenvalue weighted by atomic mass is 9.96. The molecule has 2 aromatic rings. The highest BCUT2D eigenvalue weighted by molar-refractivity contribution is 9.10. The fraction of sp³-hybridized carbons (Fsp3) is 0.400. The summed E-state index contributed by atoms with van der Waals surface area (Å²) in [5.41, 5.74) is 3.69. The lowest BCUT2D eigenvalue weighted by Gasteiger charge is -2.15. The van der Waals surface area contributed by atoms with Gasteiger partial charge in [0.15, 0.2) is 0 Å². The molecule has 2 rings (SSSR count). The van der Waals surface area contributed by atoms with Gasteiger partial charge >= 0.3 is 0 Å². The van der Waals surface area contributed by atoms with E-state index in [9.17, 15) is 0 Å².